The molecule has 138 valence electrons. The molecular formula is C15H27N2O6P. The van der Waals surface area contributed by atoms with Crippen LogP contribution in [-0.4, -0.2) is 31.1 Å². The Morgan fingerprint density at radius 1 is 1.21 bits per heavy atom. The second-order valence-corrected chi connectivity index (χ2v) is 8.45. The number of rotatable bonds is 6. The maximum atomic E-state index is 12.6. The number of hydrogen-bond acceptors (Lipinski definition) is 5. The van der Waals surface area contributed by atoms with Gasteiger partial charge in [0.15, 0.2) is 12.4 Å². The fourth-order valence-electron chi connectivity index (χ4n) is 2.26. The van der Waals surface area contributed by atoms with Crippen molar-refractivity contribution >= 4 is 13.8 Å². The van der Waals surface area contributed by atoms with Gasteiger partial charge in [0.2, 0.25) is 0 Å². The quantitative estimate of drug-likeness (QED) is 0.590. The summed E-state index contributed by atoms with van der Waals surface area (Å²) in [5, 5.41) is 4.33. The van der Waals surface area contributed by atoms with Gasteiger partial charge >= 0.3 is 13.8 Å². The molecule has 0 aromatic carbocycles. The Balaban J connectivity index is 3.42. The number of nitrogens with zero attached hydrogens (tertiary/aromatic N) is 2. The van der Waals surface area contributed by atoms with E-state index in [-0.39, 0.29) is 17.5 Å². The van der Waals surface area contributed by atoms with E-state index in [1.807, 2.05) is 27.7 Å². The molecule has 1 aromatic rings. The molecule has 0 unspecified atom stereocenters. The normalized spacial score (nSPS) is 13.0. The maximum absolute atomic E-state index is 12.6. The first-order valence-electron chi connectivity index (χ1n) is 7.77. The SMILES string of the molecule is CC(C)c1nn(COP(=O)(O)O)c(C(=O)OC(C)(C)C)c1C(C)C. The fraction of sp³-hybridized carbons (Fsp3) is 0.733. The molecule has 0 spiro atoms. The maximum Gasteiger partial charge on any atom is 0.471 e. The number of phosphoric ester groups is 1. The molecule has 0 saturated heterocycles. The third kappa shape index (κ3) is 5.70. The highest BCUT2D eigenvalue weighted by molar-refractivity contribution is 7.46. The standard InChI is InChI=1S/C15H27N2O6P/c1-9(2)11-12(10(3)4)16-17(8-22-24(19,20)21)13(11)14(18)23-15(5,6)7/h9-10H,8H2,1-7H3,(H2,19,20,21). The molecule has 24 heavy (non-hydrogen) atoms. The zero-order chi connectivity index (χ0) is 18.9. The van der Waals surface area contributed by atoms with Gasteiger partial charge < -0.3 is 14.5 Å². The van der Waals surface area contributed by atoms with E-state index in [0.29, 0.717) is 11.3 Å². The van der Waals surface area contributed by atoms with Crippen LogP contribution in [0.2, 0.25) is 0 Å². The monoisotopic (exact) mass is 362 g/mol. The minimum Gasteiger partial charge on any atom is -0.455 e. The van der Waals surface area contributed by atoms with Crippen LogP contribution in [-0.2, 0) is 20.6 Å². The van der Waals surface area contributed by atoms with Gasteiger partial charge in [0, 0.05) is 5.56 Å². The lowest BCUT2D eigenvalue weighted by Crippen LogP contribution is -2.26. The van der Waals surface area contributed by atoms with E-state index < -0.39 is 26.1 Å². The Morgan fingerprint density at radius 2 is 1.75 bits per heavy atom. The molecule has 2 N–H and O–H groups in total. The van der Waals surface area contributed by atoms with E-state index in [4.69, 9.17) is 14.5 Å². The van der Waals surface area contributed by atoms with Crippen LogP contribution in [0.1, 0.15) is 82.0 Å². The first kappa shape index (κ1) is 20.8. The van der Waals surface area contributed by atoms with Crippen molar-refractivity contribution in [3.63, 3.8) is 0 Å². The highest BCUT2D eigenvalue weighted by atomic mass is 31.2. The van der Waals surface area contributed by atoms with E-state index in [1.165, 1.54) is 0 Å². The predicted molar refractivity (Wildman–Crippen MR) is 88.7 cm³/mol. The summed E-state index contributed by atoms with van der Waals surface area (Å²) >= 11 is 0. The average molecular weight is 362 g/mol. The van der Waals surface area contributed by atoms with Crippen LogP contribution in [0.25, 0.3) is 0 Å². The molecule has 0 aliphatic rings. The first-order chi connectivity index (χ1) is 10.7. The smallest absolute Gasteiger partial charge is 0.455 e. The van der Waals surface area contributed by atoms with Gasteiger partial charge in [0.25, 0.3) is 0 Å². The predicted octanol–water partition coefficient (Wildman–Crippen LogP) is 3.15. The van der Waals surface area contributed by atoms with E-state index in [9.17, 15) is 9.36 Å². The molecule has 0 atom stereocenters. The van der Waals surface area contributed by atoms with Crippen molar-refractivity contribution in [3.8, 4) is 0 Å². The van der Waals surface area contributed by atoms with E-state index >= 15 is 0 Å². The Kier molecular flexibility index (Phi) is 6.38. The van der Waals surface area contributed by atoms with Crippen molar-refractivity contribution in [2.75, 3.05) is 0 Å². The summed E-state index contributed by atoms with van der Waals surface area (Å²) in [4.78, 5) is 30.5. The van der Waals surface area contributed by atoms with Gasteiger partial charge in [0.05, 0.1) is 5.69 Å². The summed E-state index contributed by atoms with van der Waals surface area (Å²) in [5.74, 6) is -0.589. The molecule has 0 aliphatic carbocycles. The molecule has 0 fully saturated rings. The van der Waals surface area contributed by atoms with E-state index in [2.05, 4.69) is 9.62 Å². The molecule has 0 amide bonds. The summed E-state index contributed by atoms with van der Waals surface area (Å²) in [6, 6.07) is 0. The van der Waals surface area contributed by atoms with E-state index in [1.54, 1.807) is 20.8 Å². The lowest BCUT2D eigenvalue weighted by atomic mass is 9.95. The molecule has 0 saturated carbocycles. The third-order valence-electron chi connectivity index (χ3n) is 3.08. The summed E-state index contributed by atoms with van der Waals surface area (Å²) in [6.07, 6.45) is 0. The highest BCUT2D eigenvalue weighted by Gasteiger charge is 2.31. The van der Waals surface area contributed by atoms with Crippen LogP contribution >= 0.6 is 7.82 Å². The fourth-order valence-corrected chi connectivity index (χ4v) is 2.51. The summed E-state index contributed by atoms with van der Waals surface area (Å²) in [5.41, 5.74) is 0.841. The molecule has 1 aromatic heterocycles. The number of esters is 1. The zero-order valence-corrected chi connectivity index (χ0v) is 16.1. The van der Waals surface area contributed by atoms with Gasteiger partial charge in [-0.25, -0.2) is 14.0 Å². The summed E-state index contributed by atoms with van der Waals surface area (Å²) in [7, 11) is -4.69. The number of aromatic nitrogens is 2. The van der Waals surface area contributed by atoms with Crippen LogP contribution in [0, 0.1) is 0 Å². The summed E-state index contributed by atoms with van der Waals surface area (Å²) < 4.78 is 22.1. The molecule has 9 heteroatoms. The number of ether oxygens (including phenoxy) is 1. The molecule has 1 rings (SSSR count). The number of phosphoric acid groups is 1. The first-order valence-corrected chi connectivity index (χ1v) is 9.30. The van der Waals surface area contributed by atoms with Crippen molar-refractivity contribution in [1.29, 1.82) is 0 Å². The van der Waals surface area contributed by atoms with Crippen LogP contribution < -0.4 is 0 Å². The van der Waals surface area contributed by atoms with Crippen molar-refractivity contribution in [1.82, 2.24) is 9.78 Å². The zero-order valence-electron chi connectivity index (χ0n) is 15.2. The number of carbonyl (C=O) groups is 1. The molecule has 8 nitrogen and oxygen atoms in total. The van der Waals surface area contributed by atoms with Crippen LogP contribution in [0.3, 0.4) is 0 Å². The Morgan fingerprint density at radius 3 is 2.12 bits per heavy atom. The highest BCUT2D eigenvalue weighted by Crippen LogP contribution is 2.37. The van der Waals surface area contributed by atoms with Crippen molar-refractivity contribution < 1.29 is 28.4 Å². The van der Waals surface area contributed by atoms with Gasteiger partial charge in [-0.05, 0) is 32.6 Å². The van der Waals surface area contributed by atoms with Gasteiger partial charge in [-0.2, -0.15) is 5.10 Å². The number of carbonyl (C=O) groups excluding carboxylic acids is 1. The summed E-state index contributed by atoms with van der Waals surface area (Å²) in [6.45, 7) is 12.4. The van der Waals surface area contributed by atoms with Crippen LogP contribution in [0.15, 0.2) is 0 Å². The van der Waals surface area contributed by atoms with Gasteiger partial charge in [0.1, 0.15) is 5.60 Å². The third-order valence-corrected chi connectivity index (χ3v) is 3.53. The Labute approximate surface area is 142 Å². The second kappa shape index (κ2) is 7.35. The lowest BCUT2D eigenvalue weighted by molar-refractivity contribution is 0.00442. The van der Waals surface area contributed by atoms with Crippen LogP contribution in [0.4, 0.5) is 0 Å². The topological polar surface area (TPSA) is 111 Å². The molecule has 0 radical (unpaired) electrons. The average Bonchev–Trinajstić information content (AvgIpc) is 2.73. The number of hydrogen-bond donors (Lipinski definition) is 2. The van der Waals surface area contributed by atoms with E-state index in [0.717, 1.165) is 4.68 Å². The van der Waals surface area contributed by atoms with Crippen molar-refractivity contribution in [2.45, 2.75) is 72.6 Å². The minimum atomic E-state index is -4.69. The Hall–Kier alpha value is -1.21. The lowest BCUT2D eigenvalue weighted by Gasteiger charge is -2.21. The minimum absolute atomic E-state index is 0.0197. The Bertz CT molecular complexity index is 639. The second-order valence-electron chi connectivity index (χ2n) is 7.21. The van der Waals surface area contributed by atoms with Crippen molar-refractivity contribution in [3.05, 3.63) is 17.0 Å². The van der Waals surface area contributed by atoms with Gasteiger partial charge in [-0.3, -0.25) is 4.52 Å². The molecular weight excluding hydrogens is 335 g/mol. The van der Waals surface area contributed by atoms with Gasteiger partial charge in [-0.1, -0.05) is 27.7 Å². The largest absolute Gasteiger partial charge is 0.471 e. The van der Waals surface area contributed by atoms with Gasteiger partial charge in [-0.15, -0.1) is 0 Å². The molecule has 0 bridgehead atoms. The molecule has 0 aliphatic heterocycles. The van der Waals surface area contributed by atoms with Crippen molar-refractivity contribution in [2.24, 2.45) is 0 Å². The molecule has 1 heterocycles. The van der Waals surface area contributed by atoms with Crippen LogP contribution in [0.5, 0.6) is 0 Å².